The fraction of sp³-hybridized carbons (Fsp3) is 1.00. The van der Waals surface area contributed by atoms with Crippen LogP contribution in [0.1, 0.15) is 53.4 Å². The van der Waals surface area contributed by atoms with Crippen molar-refractivity contribution >= 4 is 18.4 Å². The summed E-state index contributed by atoms with van der Waals surface area (Å²) in [5.74, 6) is 0. The third kappa shape index (κ3) is 5.47. The van der Waals surface area contributed by atoms with Crippen LogP contribution in [0.5, 0.6) is 0 Å². The molecule has 0 unspecified atom stereocenters. The lowest BCUT2D eigenvalue weighted by Crippen LogP contribution is -2.30. The van der Waals surface area contributed by atoms with E-state index < -0.39 is 0 Å². The molecule has 0 aliphatic heterocycles. The highest BCUT2D eigenvalue weighted by Crippen LogP contribution is 2.37. The van der Waals surface area contributed by atoms with Crippen molar-refractivity contribution in [3.05, 3.63) is 0 Å². The Morgan fingerprint density at radius 3 is 1.93 bits per heavy atom. The second-order valence-corrected chi connectivity index (χ2v) is 7.69. The molecular weight excluding hydrogens is 219 g/mol. The summed E-state index contributed by atoms with van der Waals surface area (Å²) in [6, 6.07) is 0. The van der Waals surface area contributed by atoms with Crippen molar-refractivity contribution in [1.29, 1.82) is 0 Å². The van der Waals surface area contributed by atoms with Crippen molar-refractivity contribution in [2.75, 3.05) is 18.5 Å². The number of hydrogen-bond donors (Lipinski definition) is 0. The molecule has 0 aliphatic rings. The molecule has 0 saturated heterocycles. The van der Waals surface area contributed by atoms with Gasteiger partial charge in [-0.15, -0.1) is 7.92 Å². The molecule has 0 saturated carbocycles. The van der Waals surface area contributed by atoms with Crippen LogP contribution in [-0.4, -0.2) is 34.6 Å². The summed E-state index contributed by atoms with van der Waals surface area (Å²) < 4.78 is 5.83. The van der Waals surface area contributed by atoms with E-state index in [4.69, 9.17) is 4.43 Å². The Morgan fingerprint density at radius 1 is 1.07 bits per heavy atom. The standard InChI is InChI=1S/C12H29OPSi/c1-5-12(6-2,13-15)10-9-11-14(7-3)8-4/h5-11H2,1-4,15H3. The molecule has 0 heterocycles. The van der Waals surface area contributed by atoms with E-state index >= 15 is 0 Å². The highest BCUT2D eigenvalue weighted by atomic mass is 31.1. The summed E-state index contributed by atoms with van der Waals surface area (Å²) in [7, 11) is 1.22. The lowest BCUT2D eigenvalue weighted by molar-refractivity contribution is 0.0608. The average molecular weight is 248 g/mol. The fourth-order valence-corrected chi connectivity index (χ4v) is 4.63. The molecule has 0 radical (unpaired) electrons. The molecule has 0 aromatic rings. The van der Waals surface area contributed by atoms with Crippen LogP contribution >= 0.6 is 7.92 Å². The van der Waals surface area contributed by atoms with E-state index in [0.29, 0.717) is 7.92 Å². The van der Waals surface area contributed by atoms with Gasteiger partial charge in [0.25, 0.3) is 0 Å². The van der Waals surface area contributed by atoms with Crippen molar-refractivity contribution in [3.8, 4) is 0 Å². The minimum Gasteiger partial charge on any atom is -0.422 e. The van der Waals surface area contributed by atoms with Gasteiger partial charge in [-0.25, -0.2) is 0 Å². The lowest BCUT2D eigenvalue weighted by Gasteiger charge is -2.31. The molecule has 0 aromatic heterocycles. The van der Waals surface area contributed by atoms with Crippen LogP contribution in [0.3, 0.4) is 0 Å². The first-order chi connectivity index (χ1) is 7.17. The van der Waals surface area contributed by atoms with Gasteiger partial charge in [0.2, 0.25) is 0 Å². The summed E-state index contributed by atoms with van der Waals surface area (Å²) in [5.41, 5.74) is 0.231. The minimum atomic E-state index is 0.231. The molecule has 0 aromatic carbocycles. The van der Waals surface area contributed by atoms with Crippen molar-refractivity contribution < 1.29 is 4.43 Å². The topological polar surface area (TPSA) is 9.23 Å². The normalized spacial score (nSPS) is 12.6. The zero-order valence-corrected chi connectivity index (χ0v) is 14.2. The van der Waals surface area contributed by atoms with Crippen molar-refractivity contribution in [2.24, 2.45) is 0 Å². The Hall–Kier alpha value is 0.607. The maximum atomic E-state index is 5.83. The minimum absolute atomic E-state index is 0.231. The first kappa shape index (κ1) is 15.6. The molecule has 0 amide bonds. The lowest BCUT2D eigenvalue weighted by atomic mass is 9.92. The van der Waals surface area contributed by atoms with Crippen LogP contribution < -0.4 is 0 Å². The van der Waals surface area contributed by atoms with Gasteiger partial charge in [-0.2, -0.15) is 0 Å². The fourth-order valence-electron chi connectivity index (χ4n) is 2.16. The van der Waals surface area contributed by atoms with Gasteiger partial charge in [0.05, 0.1) is 5.60 Å². The van der Waals surface area contributed by atoms with Crippen LogP contribution in [0.4, 0.5) is 0 Å². The Balaban J connectivity index is 3.89. The molecule has 0 rings (SSSR count). The van der Waals surface area contributed by atoms with Gasteiger partial charge in [0, 0.05) is 0 Å². The molecule has 0 N–H and O–H groups in total. The van der Waals surface area contributed by atoms with Crippen LogP contribution in [0.2, 0.25) is 0 Å². The summed E-state index contributed by atoms with van der Waals surface area (Å²) in [5, 5.41) is 0. The van der Waals surface area contributed by atoms with E-state index in [1.165, 1.54) is 44.2 Å². The van der Waals surface area contributed by atoms with Crippen molar-refractivity contribution in [3.63, 3.8) is 0 Å². The highest BCUT2D eigenvalue weighted by Gasteiger charge is 2.24. The molecule has 92 valence electrons. The largest absolute Gasteiger partial charge is 0.422 e. The van der Waals surface area contributed by atoms with Crippen molar-refractivity contribution in [2.45, 2.75) is 59.0 Å². The number of rotatable bonds is 9. The average Bonchev–Trinajstić information content (AvgIpc) is 2.31. The monoisotopic (exact) mass is 248 g/mol. The van der Waals surface area contributed by atoms with Gasteiger partial charge in [0.1, 0.15) is 10.5 Å². The molecule has 0 fully saturated rings. The maximum Gasteiger partial charge on any atom is 0.146 e. The zero-order chi connectivity index (χ0) is 11.7. The van der Waals surface area contributed by atoms with Crippen LogP contribution in [0, 0.1) is 0 Å². The Bertz CT molecular complexity index is 136. The van der Waals surface area contributed by atoms with Gasteiger partial charge < -0.3 is 4.43 Å². The molecule has 3 heteroatoms. The molecule has 15 heavy (non-hydrogen) atoms. The van der Waals surface area contributed by atoms with E-state index in [1.807, 2.05) is 0 Å². The van der Waals surface area contributed by atoms with Gasteiger partial charge in [-0.1, -0.05) is 27.7 Å². The van der Waals surface area contributed by atoms with E-state index in [2.05, 4.69) is 27.7 Å². The Kier molecular flexibility index (Phi) is 9.08. The zero-order valence-electron chi connectivity index (χ0n) is 11.3. The quantitative estimate of drug-likeness (QED) is 0.450. The predicted molar refractivity (Wildman–Crippen MR) is 76.4 cm³/mol. The van der Waals surface area contributed by atoms with E-state index in [9.17, 15) is 0 Å². The highest BCUT2D eigenvalue weighted by molar-refractivity contribution is 7.57. The summed E-state index contributed by atoms with van der Waals surface area (Å²) >= 11 is 0. The summed E-state index contributed by atoms with van der Waals surface area (Å²) in [6.07, 6.45) is 9.28. The summed E-state index contributed by atoms with van der Waals surface area (Å²) in [6.45, 7) is 9.21. The Morgan fingerprint density at radius 2 is 1.60 bits per heavy atom. The maximum absolute atomic E-state index is 5.83. The van der Waals surface area contributed by atoms with E-state index in [1.54, 1.807) is 0 Å². The van der Waals surface area contributed by atoms with E-state index in [0.717, 1.165) is 10.5 Å². The van der Waals surface area contributed by atoms with Gasteiger partial charge in [-0.05, 0) is 44.2 Å². The molecule has 0 spiro atoms. The smallest absolute Gasteiger partial charge is 0.146 e. The first-order valence-corrected chi connectivity index (χ1v) is 9.16. The summed E-state index contributed by atoms with van der Waals surface area (Å²) in [4.78, 5) is 0. The molecule has 0 atom stereocenters. The molecular formula is C12H29OPSi. The molecule has 0 bridgehead atoms. The van der Waals surface area contributed by atoms with Gasteiger partial charge in [0.15, 0.2) is 0 Å². The van der Waals surface area contributed by atoms with Gasteiger partial charge >= 0.3 is 0 Å². The third-order valence-corrected chi connectivity index (χ3v) is 7.33. The second kappa shape index (κ2) is 8.72. The SMILES string of the molecule is CCP(CC)CCCC(CC)(CC)O[SiH3]. The van der Waals surface area contributed by atoms with E-state index in [-0.39, 0.29) is 5.60 Å². The van der Waals surface area contributed by atoms with Crippen molar-refractivity contribution in [1.82, 2.24) is 0 Å². The van der Waals surface area contributed by atoms with Crippen LogP contribution in [-0.2, 0) is 4.43 Å². The second-order valence-electron chi connectivity index (χ2n) is 4.22. The van der Waals surface area contributed by atoms with Gasteiger partial charge in [-0.3, -0.25) is 0 Å². The Labute approximate surface area is 101 Å². The molecule has 1 nitrogen and oxygen atoms in total. The predicted octanol–water partition coefficient (Wildman–Crippen LogP) is 3.14. The van der Waals surface area contributed by atoms with Crippen LogP contribution in [0.15, 0.2) is 0 Å². The number of hydrogen-bond acceptors (Lipinski definition) is 1. The first-order valence-electron chi connectivity index (χ1n) is 6.45. The third-order valence-electron chi connectivity index (χ3n) is 3.72. The van der Waals surface area contributed by atoms with Crippen LogP contribution in [0.25, 0.3) is 0 Å². The molecule has 0 aliphatic carbocycles.